The maximum Gasteiger partial charge on any atom is 0.295 e. The van der Waals surface area contributed by atoms with E-state index in [1.807, 2.05) is 38.1 Å². The predicted octanol–water partition coefficient (Wildman–Crippen LogP) is 4.45. The van der Waals surface area contributed by atoms with Crippen molar-refractivity contribution in [2.75, 3.05) is 0 Å². The Balaban J connectivity index is 1.53. The third kappa shape index (κ3) is 3.29. The van der Waals surface area contributed by atoms with Gasteiger partial charge in [-0.1, -0.05) is 43.7 Å². The van der Waals surface area contributed by atoms with Gasteiger partial charge in [-0.2, -0.15) is 0 Å². The average Bonchev–Trinajstić information content (AvgIpc) is 2.98. The Morgan fingerprint density at radius 2 is 1.90 bits per heavy atom. The first-order valence-electron chi connectivity index (χ1n) is 11.3. The van der Waals surface area contributed by atoms with E-state index in [4.69, 9.17) is 29.0 Å². The fourth-order valence-corrected chi connectivity index (χ4v) is 6.01. The number of aryl methyl sites for hydroxylation is 1. The van der Waals surface area contributed by atoms with Gasteiger partial charge >= 0.3 is 0 Å². The minimum absolute atomic E-state index is 0.0240. The molecule has 8 atom stereocenters. The molecule has 0 aromatic heterocycles. The molecule has 0 N–H and O–H groups in total. The SMILES string of the molecule is Cc1ccc(C(N=C2O[C@H]3O[C@@]4(C)CCC5[C@@H](C)CCC([C@@H]2C)C53OO4)OC=O)cc1. The van der Waals surface area contributed by atoms with E-state index in [2.05, 4.69) is 13.8 Å². The topological polar surface area (TPSA) is 75.6 Å². The van der Waals surface area contributed by atoms with Crippen molar-refractivity contribution in [3.63, 3.8) is 0 Å². The lowest BCUT2D eigenvalue weighted by Crippen LogP contribution is -2.69. The molecule has 1 aliphatic carbocycles. The summed E-state index contributed by atoms with van der Waals surface area (Å²) in [4.78, 5) is 28.0. The monoisotopic (exact) mass is 429 g/mol. The summed E-state index contributed by atoms with van der Waals surface area (Å²) >= 11 is 0. The van der Waals surface area contributed by atoms with E-state index < -0.39 is 23.9 Å². The summed E-state index contributed by atoms with van der Waals surface area (Å²) in [5.41, 5.74) is 1.28. The highest BCUT2D eigenvalue weighted by Gasteiger charge is 2.69. The van der Waals surface area contributed by atoms with Crippen LogP contribution < -0.4 is 0 Å². The van der Waals surface area contributed by atoms with E-state index in [9.17, 15) is 4.79 Å². The van der Waals surface area contributed by atoms with Crippen LogP contribution in [0.5, 0.6) is 0 Å². The zero-order valence-corrected chi connectivity index (χ0v) is 18.6. The molecule has 31 heavy (non-hydrogen) atoms. The molecule has 5 fully saturated rings. The van der Waals surface area contributed by atoms with Crippen molar-refractivity contribution in [3.05, 3.63) is 35.4 Å². The summed E-state index contributed by atoms with van der Waals surface area (Å²) in [5.74, 6) is 0.621. The lowest BCUT2D eigenvalue weighted by molar-refractivity contribution is -0.557. The van der Waals surface area contributed by atoms with Crippen LogP contribution in [-0.2, 0) is 28.8 Å². The molecule has 4 unspecified atom stereocenters. The summed E-state index contributed by atoms with van der Waals surface area (Å²) in [6, 6.07) is 7.79. The molecule has 168 valence electrons. The van der Waals surface area contributed by atoms with Crippen molar-refractivity contribution < 1.29 is 28.8 Å². The highest BCUT2D eigenvalue weighted by atomic mass is 17.3. The van der Waals surface area contributed by atoms with E-state index >= 15 is 0 Å². The molecule has 0 radical (unpaired) electrons. The van der Waals surface area contributed by atoms with Gasteiger partial charge in [0.15, 0.2) is 11.5 Å². The number of fused-ring (bicyclic) bond motifs is 2. The number of benzene rings is 1. The van der Waals surface area contributed by atoms with Crippen molar-refractivity contribution in [1.82, 2.24) is 0 Å². The lowest BCUT2D eigenvalue weighted by atomic mass is 9.58. The second-order valence-electron chi connectivity index (χ2n) is 9.78. The minimum Gasteiger partial charge on any atom is -0.448 e. The maximum atomic E-state index is 11.2. The summed E-state index contributed by atoms with van der Waals surface area (Å²) in [6.45, 7) is 8.75. The van der Waals surface area contributed by atoms with E-state index in [1.165, 1.54) is 0 Å². The maximum absolute atomic E-state index is 11.2. The number of hydrogen-bond donors (Lipinski definition) is 0. The molecule has 4 saturated heterocycles. The number of aliphatic imine (C=N–C) groups is 1. The van der Waals surface area contributed by atoms with E-state index in [-0.39, 0.29) is 11.8 Å². The van der Waals surface area contributed by atoms with Gasteiger partial charge in [0.25, 0.3) is 6.47 Å². The molecule has 7 heteroatoms. The van der Waals surface area contributed by atoms with Gasteiger partial charge in [-0.15, -0.1) is 0 Å². The quantitative estimate of drug-likeness (QED) is 0.520. The Morgan fingerprint density at radius 1 is 1.13 bits per heavy atom. The van der Waals surface area contributed by atoms with Gasteiger partial charge in [0.1, 0.15) is 0 Å². The summed E-state index contributed by atoms with van der Waals surface area (Å²) in [5, 5.41) is 0. The van der Waals surface area contributed by atoms with Crippen LogP contribution in [0.2, 0.25) is 0 Å². The van der Waals surface area contributed by atoms with Gasteiger partial charge in [-0.3, -0.25) is 4.79 Å². The fourth-order valence-electron chi connectivity index (χ4n) is 6.01. The molecule has 1 aromatic rings. The molecule has 6 rings (SSSR count). The molecule has 1 spiro atoms. The molecule has 4 heterocycles. The second kappa shape index (κ2) is 7.57. The summed E-state index contributed by atoms with van der Waals surface area (Å²) in [7, 11) is 0. The van der Waals surface area contributed by atoms with Crippen molar-refractivity contribution in [3.8, 4) is 0 Å². The zero-order valence-electron chi connectivity index (χ0n) is 18.6. The van der Waals surface area contributed by atoms with Gasteiger partial charge in [0, 0.05) is 29.7 Å². The number of nitrogens with zero attached hydrogens (tertiary/aromatic N) is 1. The van der Waals surface area contributed by atoms with Crippen molar-refractivity contribution in [2.45, 2.75) is 77.3 Å². The van der Waals surface area contributed by atoms with Crippen LogP contribution in [0.4, 0.5) is 0 Å². The summed E-state index contributed by atoms with van der Waals surface area (Å²) < 4.78 is 18.1. The number of rotatable bonds is 4. The number of hydrogen-bond acceptors (Lipinski definition) is 7. The Kier molecular flexibility index (Phi) is 5.11. The first-order valence-corrected chi connectivity index (χ1v) is 11.3. The minimum atomic E-state index is -0.834. The Bertz CT molecular complexity index is 871. The van der Waals surface area contributed by atoms with Crippen molar-refractivity contribution in [2.24, 2.45) is 28.7 Å². The van der Waals surface area contributed by atoms with Crippen LogP contribution in [0.15, 0.2) is 29.3 Å². The van der Waals surface area contributed by atoms with Crippen LogP contribution in [0.1, 0.15) is 63.8 Å². The molecule has 4 aliphatic heterocycles. The number of carbonyl (C=O) groups is 1. The highest BCUT2D eigenvalue weighted by molar-refractivity contribution is 5.80. The molecule has 5 aliphatic rings. The zero-order chi connectivity index (χ0) is 21.8. The first kappa shape index (κ1) is 20.9. The third-order valence-electron chi connectivity index (χ3n) is 7.79. The highest BCUT2D eigenvalue weighted by Crippen LogP contribution is 2.60. The van der Waals surface area contributed by atoms with Crippen LogP contribution in [0.3, 0.4) is 0 Å². The van der Waals surface area contributed by atoms with Gasteiger partial charge in [-0.05, 0) is 39.0 Å². The molecular weight excluding hydrogens is 398 g/mol. The number of carbonyl (C=O) groups excluding carboxylic acids is 1. The van der Waals surface area contributed by atoms with Crippen molar-refractivity contribution >= 4 is 12.4 Å². The van der Waals surface area contributed by atoms with E-state index in [0.29, 0.717) is 24.2 Å². The largest absolute Gasteiger partial charge is 0.448 e. The lowest BCUT2D eigenvalue weighted by Gasteiger charge is -2.58. The van der Waals surface area contributed by atoms with E-state index in [0.717, 1.165) is 36.8 Å². The van der Waals surface area contributed by atoms with Crippen LogP contribution in [0, 0.1) is 30.6 Å². The average molecular weight is 430 g/mol. The number of ether oxygens (including phenoxy) is 3. The third-order valence-corrected chi connectivity index (χ3v) is 7.79. The van der Waals surface area contributed by atoms with Crippen molar-refractivity contribution in [1.29, 1.82) is 0 Å². The molecule has 1 saturated carbocycles. The van der Waals surface area contributed by atoms with Crippen LogP contribution >= 0.6 is 0 Å². The second-order valence-corrected chi connectivity index (χ2v) is 9.78. The molecular formula is C24H31NO6. The molecule has 2 bridgehead atoms. The predicted molar refractivity (Wildman–Crippen MR) is 112 cm³/mol. The summed E-state index contributed by atoms with van der Waals surface area (Å²) in [6.07, 6.45) is 2.47. The normalized spacial score (nSPS) is 43.5. The van der Waals surface area contributed by atoms with Gasteiger partial charge < -0.3 is 14.2 Å². The van der Waals surface area contributed by atoms with Crippen LogP contribution in [-0.4, -0.2) is 30.0 Å². The fraction of sp³-hybridized carbons (Fsp3) is 0.667. The first-order chi connectivity index (χ1) is 14.9. The van der Waals surface area contributed by atoms with Gasteiger partial charge in [0.2, 0.25) is 18.3 Å². The Hall–Kier alpha value is -1.96. The standard InChI is InChI=1S/C24H31NO6/c1-14-5-8-17(9-6-14)21(27-13-26)25-20-16(3)19-10-7-15(2)18-11-12-23(4)29-22(28-20)24(18,19)31-30-23/h5-6,8-9,13,15-16,18-19,21-22H,7,10-12H2,1-4H3/t15-,16-,18?,19?,21?,22-,23+,24?/m0/s1. The molecule has 0 amide bonds. The van der Waals surface area contributed by atoms with Gasteiger partial charge in [-0.25, -0.2) is 14.8 Å². The Labute approximate surface area is 183 Å². The van der Waals surface area contributed by atoms with E-state index in [1.54, 1.807) is 0 Å². The smallest absolute Gasteiger partial charge is 0.295 e. The molecule has 7 nitrogen and oxygen atoms in total. The van der Waals surface area contributed by atoms with Crippen LogP contribution in [0.25, 0.3) is 0 Å². The Morgan fingerprint density at radius 3 is 2.65 bits per heavy atom. The molecule has 1 aromatic carbocycles. The van der Waals surface area contributed by atoms with Gasteiger partial charge in [0.05, 0.1) is 0 Å².